The molecule has 1 aromatic carbocycles. The normalized spacial score (nSPS) is 17.3. The Hall–Kier alpha value is -1.71. The van der Waals surface area contributed by atoms with E-state index in [1.165, 1.54) is 0 Å². The van der Waals surface area contributed by atoms with Gasteiger partial charge in [0, 0.05) is 6.54 Å². The van der Waals surface area contributed by atoms with E-state index >= 15 is 0 Å². The lowest BCUT2D eigenvalue weighted by molar-refractivity contribution is -0.127. The number of anilines is 1. The van der Waals surface area contributed by atoms with Crippen molar-refractivity contribution in [1.29, 1.82) is 0 Å². The third-order valence-electron chi connectivity index (χ3n) is 3.18. The predicted octanol–water partition coefficient (Wildman–Crippen LogP) is 2.41. The molecule has 1 amide bonds. The molecule has 1 heterocycles. The number of ether oxygens (including phenoxy) is 1. The molecule has 1 atom stereocenters. The highest BCUT2D eigenvalue weighted by Gasteiger charge is 2.25. The average molecular weight is 262 g/mol. The maximum atomic E-state index is 12.0. The van der Waals surface area contributed by atoms with Crippen molar-refractivity contribution >= 4 is 11.6 Å². The lowest BCUT2D eigenvalue weighted by atomic mass is 10.1. The van der Waals surface area contributed by atoms with E-state index in [-0.39, 0.29) is 5.91 Å². The van der Waals surface area contributed by atoms with Gasteiger partial charge in [-0.2, -0.15) is 0 Å². The van der Waals surface area contributed by atoms with Crippen LogP contribution in [-0.4, -0.2) is 25.1 Å². The molecule has 1 aromatic rings. The second-order valence-electron chi connectivity index (χ2n) is 5.31. The van der Waals surface area contributed by atoms with Crippen LogP contribution in [0.15, 0.2) is 24.3 Å². The lowest BCUT2D eigenvalue weighted by Gasteiger charge is -2.26. The van der Waals surface area contributed by atoms with Crippen molar-refractivity contribution in [3.63, 3.8) is 0 Å². The quantitative estimate of drug-likeness (QED) is 0.801. The molecule has 0 radical (unpaired) electrons. The number of carbonyl (C=O) groups is 1. The maximum absolute atomic E-state index is 12.0. The van der Waals surface area contributed by atoms with Gasteiger partial charge in [0.1, 0.15) is 5.75 Å². The predicted molar refractivity (Wildman–Crippen MR) is 76.4 cm³/mol. The van der Waals surface area contributed by atoms with Crippen molar-refractivity contribution in [3.8, 4) is 5.75 Å². The summed E-state index contributed by atoms with van der Waals surface area (Å²) in [5.41, 5.74) is 0.950. The Kier molecular flexibility index (Phi) is 4.66. The molecule has 2 N–H and O–H groups in total. The Balaban J connectivity index is 1.79. The summed E-state index contributed by atoms with van der Waals surface area (Å²) >= 11 is 0. The Morgan fingerprint density at radius 1 is 1.47 bits per heavy atom. The average Bonchev–Trinajstić information content (AvgIpc) is 2.42. The van der Waals surface area contributed by atoms with E-state index in [9.17, 15) is 4.79 Å². The molecule has 4 nitrogen and oxygen atoms in total. The highest BCUT2D eigenvalue weighted by molar-refractivity contribution is 5.83. The van der Waals surface area contributed by atoms with Crippen molar-refractivity contribution in [1.82, 2.24) is 5.32 Å². The van der Waals surface area contributed by atoms with Crippen LogP contribution in [0.25, 0.3) is 0 Å². The number of rotatable bonds is 5. The monoisotopic (exact) mass is 262 g/mol. The zero-order valence-electron chi connectivity index (χ0n) is 11.6. The summed E-state index contributed by atoms with van der Waals surface area (Å²) in [5.74, 6) is 1.39. The van der Waals surface area contributed by atoms with E-state index in [1.54, 1.807) is 0 Å². The lowest BCUT2D eigenvalue weighted by Crippen LogP contribution is -2.45. The van der Waals surface area contributed by atoms with Gasteiger partial charge in [0.2, 0.25) is 0 Å². The number of nitrogens with one attached hydrogen (secondary N) is 2. The second-order valence-corrected chi connectivity index (χ2v) is 5.31. The zero-order chi connectivity index (χ0) is 13.7. The number of hydrogen-bond acceptors (Lipinski definition) is 3. The summed E-state index contributed by atoms with van der Waals surface area (Å²) in [7, 11) is 0. The van der Waals surface area contributed by atoms with Gasteiger partial charge in [-0.05, 0) is 30.9 Å². The molecule has 0 saturated carbocycles. The molecule has 1 aliphatic heterocycles. The molecule has 0 saturated heterocycles. The van der Waals surface area contributed by atoms with Gasteiger partial charge in [-0.25, -0.2) is 0 Å². The summed E-state index contributed by atoms with van der Waals surface area (Å²) in [4.78, 5) is 12.0. The van der Waals surface area contributed by atoms with Crippen LogP contribution in [0.5, 0.6) is 5.75 Å². The summed E-state index contributed by atoms with van der Waals surface area (Å²) < 4.78 is 5.70. The molecule has 4 heteroatoms. The number of amides is 1. The van der Waals surface area contributed by atoms with Crippen LogP contribution in [0.1, 0.15) is 26.7 Å². The van der Waals surface area contributed by atoms with Crippen LogP contribution in [-0.2, 0) is 4.79 Å². The van der Waals surface area contributed by atoms with Crippen LogP contribution in [0, 0.1) is 5.92 Å². The fourth-order valence-electron chi connectivity index (χ4n) is 2.09. The standard InChI is InChI=1S/C15H22N2O2/c1-11(2)6-5-9-16-15(18)14-10-17-12-7-3-4-8-13(12)19-14/h3-4,7-8,11,14,17H,5-6,9-10H2,1-2H3,(H,16,18). The number of carbonyl (C=O) groups excluding carboxylic acids is 1. The van der Waals surface area contributed by atoms with E-state index in [2.05, 4.69) is 24.5 Å². The van der Waals surface area contributed by atoms with E-state index < -0.39 is 6.10 Å². The number of para-hydroxylation sites is 2. The minimum absolute atomic E-state index is 0.0363. The van der Waals surface area contributed by atoms with Gasteiger partial charge in [-0.15, -0.1) is 0 Å². The Morgan fingerprint density at radius 3 is 3.05 bits per heavy atom. The highest BCUT2D eigenvalue weighted by Crippen LogP contribution is 2.28. The maximum Gasteiger partial charge on any atom is 0.262 e. The van der Waals surface area contributed by atoms with Gasteiger partial charge in [-0.1, -0.05) is 26.0 Å². The van der Waals surface area contributed by atoms with E-state index in [0.717, 1.165) is 30.8 Å². The van der Waals surface area contributed by atoms with Crippen LogP contribution in [0.3, 0.4) is 0 Å². The summed E-state index contributed by atoms with van der Waals surface area (Å²) in [6.45, 7) is 5.62. The van der Waals surface area contributed by atoms with Crippen molar-refractivity contribution in [3.05, 3.63) is 24.3 Å². The number of hydrogen-bond donors (Lipinski definition) is 2. The number of benzene rings is 1. The molecule has 0 spiro atoms. The summed E-state index contributed by atoms with van der Waals surface area (Å²) in [6.07, 6.45) is 1.71. The minimum atomic E-state index is -0.436. The number of fused-ring (bicyclic) bond motifs is 1. The Labute approximate surface area is 114 Å². The molecular formula is C15H22N2O2. The molecule has 104 valence electrons. The molecule has 0 aromatic heterocycles. The fraction of sp³-hybridized carbons (Fsp3) is 0.533. The molecule has 2 rings (SSSR count). The fourth-order valence-corrected chi connectivity index (χ4v) is 2.09. The minimum Gasteiger partial charge on any atom is -0.477 e. The second kappa shape index (κ2) is 6.45. The SMILES string of the molecule is CC(C)CCCNC(=O)C1CNc2ccccc2O1. The van der Waals surface area contributed by atoms with E-state index in [0.29, 0.717) is 12.5 Å². The van der Waals surface area contributed by atoms with Gasteiger partial charge in [0.05, 0.1) is 12.2 Å². The van der Waals surface area contributed by atoms with Crippen molar-refractivity contribution in [2.45, 2.75) is 32.8 Å². The van der Waals surface area contributed by atoms with E-state index in [4.69, 9.17) is 4.74 Å². The van der Waals surface area contributed by atoms with Gasteiger partial charge in [0.25, 0.3) is 5.91 Å². The first-order chi connectivity index (χ1) is 9.16. The molecule has 0 aliphatic carbocycles. The summed E-state index contributed by atoms with van der Waals surface area (Å²) in [5, 5.41) is 6.15. The smallest absolute Gasteiger partial charge is 0.262 e. The van der Waals surface area contributed by atoms with Gasteiger partial charge in [0.15, 0.2) is 6.10 Å². The van der Waals surface area contributed by atoms with E-state index in [1.807, 2.05) is 24.3 Å². The first-order valence-electron chi connectivity index (χ1n) is 6.94. The molecule has 1 aliphatic rings. The molecular weight excluding hydrogens is 240 g/mol. The van der Waals surface area contributed by atoms with Gasteiger partial charge in [-0.3, -0.25) is 4.79 Å². The Bertz CT molecular complexity index is 432. The first-order valence-corrected chi connectivity index (χ1v) is 6.94. The first kappa shape index (κ1) is 13.7. The largest absolute Gasteiger partial charge is 0.477 e. The van der Waals surface area contributed by atoms with Crippen molar-refractivity contribution in [2.24, 2.45) is 5.92 Å². The van der Waals surface area contributed by atoms with Crippen molar-refractivity contribution in [2.75, 3.05) is 18.4 Å². The zero-order valence-corrected chi connectivity index (χ0v) is 11.6. The van der Waals surface area contributed by atoms with Gasteiger partial charge >= 0.3 is 0 Å². The third-order valence-corrected chi connectivity index (χ3v) is 3.18. The topological polar surface area (TPSA) is 50.4 Å². The van der Waals surface area contributed by atoms with Gasteiger partial charge < -0.3 is 15.4 Å². The molecule has 0 bridgehead atoms. The van der Waals surface area contributed by atoms with Crippen LogP contribution in [0.2, 0.25) is 0 Å². The van der Waals surface area contributed by atoms with Crippen LogP contribution in [0.4, 0.5) is 5.69 Å². The molecule has 0 fully saturated rings. The molecule has 1 unspecified atom stereocenters. The summed E-state index contributed by atoms with van der Waals surface area (Å²) in [6, 6.07) is 7.68. The van der Waals surface area contributed by atoms with Crippen LogP contribution < -0.4 is 15.4 Å². The van der Waals surface area contributed by atoms with Crippen LogP contribution >= 0.6 is 0 Å². The van der Waals surface area contributed by atoms with Crippen molar-refractivity contribution < 1.29 is 9.53 Å². The molecule has 19 heavy (non-hydrogen) atoms. The third kappa shape index (κ3) is 3.88. The Morgan fingerprint density at radius 2 is 2.26 bits per heavy atom. The highest BCUT2D eigenvalue weighted by atomic mass is 16.5.